The predicted molar refractivity (Wildman–Crippen MR) is 162 cm³/mol. The number of piperazine rings is 1. The first-order chi connectivity index (χ1) is 19.1. The van der Waals surface area contributed by atoms with Gasteiger partial charge >= 0.3 is 0 Å². The third-order valence-corrected chi connectivity index (χ3v) is 8.71. The van der Waals surface area contributed by atoms with Crippen molar-refractivity contribution in [1.29, 1.82) is 0 Å². The lowest BCUT2D eigenvalue weighted by Crippen LogP contribution is -2.49. The largest absolute Gasteiger partial charge is 0.495 e. The molecule has 3 aromatic rings. The molecule has 1 heterocycles. The molecule has 1 amide bonds. The molecule has 8 nitrogen and oxygen atoms in total. The Morgan fingerprint density at radius 1 is 1.00 bits per heavy atom. The van der Waals surface area contributed by atoms with E-state index < -0.39 is 10.0 Å². The van der Waals surface area contributed by atoms with Crippen molar-refractivity contribution < 1.29 is 17.9 Å². The lowest BCUT2D eigenvalue weighted by Gasteiger charge is -2.36. The minimum atomic E-state index is -3.92. The third kappa shape index (κ3) is 6.53. The monoisotopic (exact) mass is 564 g/mol. The number of ether oxygens (including phenoxy) is 1. The van der Waals surface area contributed by atoms with E-state index >= 15 is 0 Å². The molecule has 9 heteroatoms. The first-order valence-electron chi connectivity index (χ1n) is 13.8. The van der Waals surface area contributed by atoms with E-state index in [4.69, 9.17) is 4.74 Å². The molecule has 40 heavy (non-hydrogen) atoms. The maximum Gasteiger partial charge on any atom is 0.261 e. The van der Waals surface area contributed by atoms with Crippen LogP contribution in [-0.2, 0) is 16.4 Å². The van der Waals surface area contributed by atoms with Crippen LogP contribution in [0, 0.1) is 6.92 Å². The number of anilines is 3. The van der Waals surface area contributed by atoms with Gasteiger partial charge in [-0.1, -0.05) is 37.6 Å². The zero-order valence-electron chi connectivity index (χ0n) is 24.1. The fourth-order valence-corrected chi connectivity index (χ4v) is 6.08. The summed E-state index contributed by atoms with van der Waals surface area (Å²) in [6.07, 6.45) is 3.12. The van der Waals surface area contributed by atoms with Gasteiger partial charge in [-0.3, -0.25) is 9.52 Å². The van der Waals surface area contributed by atoms with Gasteiger partial charge < -0.3 is 19.4 Å². The molecule has 3 aromatic carbocycles. The SMILES string of the molecule is CCCCc1ccc(NS(=O)(=O)c2ccc(C)c(C(=O)N3CCN(c4ccccc4OC)CC3)c2)c(N(C)C)c1. The van der Waals surface area contributed by atoms with E-state index in [2.05, 4.69) is 16.5 Å². The Morgan fingerprint density at radius 2 is 1.73 bits per heavy atom. The van der Waals surface area contributed by atoms with E-state index in [0.717, 1.165) is 42.0 Å². The van der Waals surface area contributed by atoms with Crippen molar-refractivity contribution in [1.82, 2.24) is 4.90 Å². The van der Waals surface area contributed by atoms with Gasteiger partial charge in [-0.25, -0.2) is 8.42 Å². The number of methoxy groups -OCH3 is 1. The van der Waals surface area contributed by atoms with Crippen molar-refractivity contribution in [2.45, 2.75) is 38.0 Å². The average molecular weight is 565 g/mol. The topological polar surface area (TPSA) is 82.2 Å². The summed E-state index contributed by atoms with van der Waals surface area (Å²) in [5.74, 6) is 0.639. The standard InChI is InChI=1S/C31H40N4O4S/c1-6-7-10-24-14-16-27(29(21-24)33(3)4)32-40(37,38)25-15-13-23(2)26(22-25)31(36)35-19-17-34(18-20-35)28-11-8-9-12-30(28)39-5/h8-9,11-16,21-22,32H,6-7,10,17-20H2,1-5H3. The fourth-order valence-electron chi connectivity index (χ4n) is 4.98. The molecular formula is C31H40N4O4S. The third-order valence-electron chi connectivity index (χ3n) is 7.35. The molecule has 4 rings (SSSR count). The summed E-state index contributed by atoms with van der Waals surface area (Å²) in [7, 11) is 1.52. The van der Waals surface area contributed by atoms with E-state index in [1.54, 1.807) is 24.1 Å². The summed E-state index contributed by atoms with van der Waals surface area (Å²) in [6, 6.07) is 18.4. The second kappa shape index (κ2) is 12.6. The maximum absolute atomic E-state index is 13.6. The quantitative estimate of drug-likeness (QED) is 0.366. The van der Waals surface area contributed by atoms with Gasteiger partial charge in [0.15, 0.2) is 0 Å². The summed E-state index contributed by atoms with van der Waals surface area (Å²) in [4.78, 5) is 19.5. The van der Waals surface area contributed by atoms with Gasteiger partial charge in [0.2, 0.25) is 0 Å². The molecule has 1 N–H and O–H groups in total. The molecule has 1 fully saturated rings. The number of sulfonamides is 1. The number of unbranched alkanes of at least 4 members (excludes halogenated alkanes) is 1. The zero-order valence-corrected chi connectivity index (χ0v) is 24.9. The Bertz CT molecular complexity index is 1450. The fraction of sp³-hybridized carbons (Fsp3) is 0.387. The van der Waals surface area contributed by atoms with E-state index in [1.165, 1.54) is 11.6 Å². The average Bonchev–Trinajstić information content (AvgIpc) is 2.96. The number of nitrogens with zero attached hydrogens (tertiary/aromatic N) is 3. The first kappa shape index (κ1) is 29.3. The Hall–Kier alpha value is -3.72. The Labute approximate surface area is 238 Å². The van der Waals surface area contributed by atoms with Crippen LogP contribution in [0.1, 0.15) is 41.3 Å². The molecule has 0 saturated carbocycles. The highest BCUT2D eigenvalue weighted by atomic mass is 32.2. The second-order valence-corrected chi connectivity index (χ2v) is 12.1. The van der Waals surface area contributed by atoms with Crippen molar-refractivity contribution in [2.75, 3.05) is 61.9 Å². The van der Waals surface area contributed by atoms with Gasteiger partial charge in [0.1, 0.15) is 5.75 Å². The molecule has 0 aliphatic carbocycles. The van der Waals surface area contributed by atoms with Crippen molar-refractivity contribution in [3.63, 3.8) is 0 Å². The summed E-state index contributed by atoms with van der Waals surface area (Å²) in [5.41, 5.74) is 4.62. The lowest BCUT2D eigenvalue weighted by atomic mass is 10.1. The van der Waals surface area contributed by atoms with Crippen LogP contribution in [0.2, 0.25) is 0 Å². The predicted octanol–water partition coefficient (Wildman–Crippen LogP) is 5.18. The number of carbonyl (C=O) groups excluding carboxylic acids is 1. The molecular weight excluding hydrogens is 524 g/mol. The molecule has 0 aromatic heterocycles. The van der Waals surface area contributed by atoms with Gasteiger partial charge in [-0.2, -0.15) is 0 Å². The number of hydrogen-bond acceptors (Lipinski definition) is 6. The molecule has 1 aliphatic rings. The van der Waals surface area contributed by atoms with E-state index in [0.29, 0.717) is 37.4 Å². The van der Waals surface area contributed by atoms with Gasteiger partial charge in [-0.15, -0.1) is 0 Å². The summed E-state index contributed by atoms with van der Waals surface area (Å²) >= 11 is 0. The van der Waals surface area contributed by atoms with Crippen LogP contribution in [0.15, 0.2) is 65.6 Å². The number of para-hydroxylation sites is 2. The molecule has 0 spiro atoms. The Kier molecular flexibility index (Phi) is 9.25. The number of hydrogen-bond donors (Lipinski definition) is 1. The lowest BCUT2D eigenvalue weighted by molar-refractivity contribution is 0.0745. The molecule has 0 atom stereocenters. The summed E-state index contributed by atoms with van der Waals surface area (Å²) < 4.78 is 35.2. The van der Waals surface area contributed by atoms with Gasteiger partial charge in [0.05, 0.1) is 29.1 Å². The van der Waals surface area contributed by atoms with Gasteiger partial charge in [0, 0.05) is 45.8 Å². The maximum atomic E-state index is 13.6. The van der Waals surface area contributed by atoms with E-state index in [9.17, 15) is 13.2 Å². The number of amides is 1. The molecule has 1 saturated heterocycles. The van der Waals surface area contributed by atoms with Crippen LogP contribution in [0.3, 0.4) is 0 Å². The zero-order chi connectivity index (χ0) is 28.9. The van der Waals surface area contributed by atoms with E-state index in [1.807, 2.05) is 68.4 Å². The number of rotatable bonds is 10. The minimum absolute atomic E-state index is 0.0638. The van der Waals surface area contributed by atoms with Crippen molar-refractivity contribution in [3.05, 3.63) is 77.4 Å². The number of aryl methyl sites for hydroxylation is 2. The number of benzene rings is 3. The number of nitrogens with one attached hydrogen (secondary N) is 1. The van der Waals surface area contributed by atoms with Crippen molar-refractivity contribution in [3.8, 4) is 5.75 Å². The van der Waals surface area contributed by atoms with E-state index in [-0.39, 0.29) is 10.8 Å². The van der Waals surface area contributed by atoms with Crippen LogP contribution < -0.4 is 19.3 Å². The highest BCUT2D eigenvalue weighted by Gasteiger charge is 2.26. The second-order valence-electron chi connectivity index (χ2n) is 10.4. The normalized spacial score (nSPS) is 13.7. The Morgan fingerprint density at radius 3 is 2.40 bits per heavy atom. The molecule has 0 radical (unpaired) electrons. The van der Waals surface area contributed by atoms with Crippen molar-refractivity contribution in [2.24, 2.45) is 0 Å². The summed E-state index contributed by atoms with van der Waals surface area (Å²) in [6.45, 7) is 6.36. The van der Waals surface area contributed by atoms with Crippen LogP contribution >= 0.6 is 0 Å². The van der Waals surface area contributed by atoms with Gasteiger partial charge in [0.25, 0.3) is 15.9 Å². The molecule has 0 unspecified atom stereocenters. The van der Waals surface area contributed by atoms with Crippen LogP contribution in [0.4, 0.5) is 17.1 Å². The molecule has 0 bridgehead atoms. The van der Waals surface area contributed by atoms with Crippen LogP contribution in [0.25, 0.3) is 0 Å². The summed E-state index contributed by atoms with van der Waals surface area (Å²) in [5, 5.41) is 0. The molecule has 1 aliphatic heterocycles. The van der Waals surface area contributed by atoms with Crippen LogP contribution in [0.5, 0.6) is 5.75 Å². The molecule has 214 valence electrons. The van der Waals surface area contributed by atoms with Crippen LogP contribution in [-0.4, -0.2) is 66.6 Å². The van der Waals surface area contributed by atoms with Crippen molar-refractivity contribution >= 4 is 33.0 Å². The first-order valence-corrected chi connectivity index (χ1v) is 15.2. The smallest absolute Gasteiger partial charge is 0.261 e. The highest BCUT2D eigenvalue weighted by Crippen LogP contribution is 2.31. The minimum Gasteiger partial charge on any atom is -0.495 e. The Balaban J connectivity index is 1.52. The highest BCUT2D eigenvalue weighted by molar-refractivity contribution is 7.92. The van der Waals surface area contributed by atoms with Gasteiger partial charge in [-0.05, 0) is 67.3 Å². The number of carbonyl (C=O) groups is 1.